The lowest BCUT2D eigenvalue weighted by atomic mass is 10.2. The Morgan fingerprint density at radius 2 is 1.92 bits per heavy atom. The summed E-state index contributed by atoms with van der Waals surface area (Å²) in [6.07, 6.45) is 1.02. The van der Waals surface area contributed by atoms with Gasteiger partial charge in [-0.05, 0) is 24.3 Å². The summed E-state index contributed by atoms with van der Waals surface area (Å²) in [4.78, 5) is 36.4. The third-order valence-corrected chi connectivity index (χ3v) is 3.42. The van der Waals surface area contributed by atoms with Crippen LogP contribution in [0.2, 0.25) is 0 Å². The molecule has 1 aromatic carbocycles. The minimum Gasteiger partial charge on any atom is -0.466 e. The summed E-state index contributed by atoms with van der Waals surface area (Å²) >= 11 is 0. The maximum atomic E-state index is 11.7. The molecule has 0 aliphatic carbocycles. The zero-order chi connectivity index (χ0) is 17.5. The summed E-state index contributed by atoms with van der Waals surface area (Å²) in [5.41, 5.74) is 1.46. The number of hydrogen-bond donors (Lipinski definition) is 2. The fourth-order valence-electron chi connectivity index (χ4n) is 2.20. The standard InChI is InChI=1S/C16H19N3O5/c1-23-15(21)9-13(16(22)24-2)18-11-3-5-12(6-4-11)19-8-7-17-14(20)10-19/h3-6,9,18H,7-8,10H2,1-2H3,(H,17,20)/b13-9+. The molecule has 0 bridgehead atoms. The van der Waals surface area contributed by atoms with Crippen molar-refractivity contribution in [3.63, 3.8) is 0 Å². The van der Waals surface area contributed by atoms with Crippen LogP contribution in [0.15, 0.2) is 36.0 Å². The monoisotopic (exact) mass is 333 g/mol. The molecule has 0 aromatic heterocycles. The van der Waals surface area contributed by atoms with Crippen LogP contribution in [-0.2, 0) is 23.9 Å². The van der Waals surface area contributed by atoms with Crippen molar-refractivity contribution in [2.75, 3.05) is 44.1 Å². The average Bonchev–Trinajstić information content (AvgIpc) is 2.61. The van der Waals surface area contributed by atoms with E-state index in [2.05, 4.69) is 20.1 Å². The number of anilines is 2. The lowest BCUT2D eigenvalue weighted by Crippen LogP contribution is -2.47. The first kappa shape index (κ1) is 17.3. The Labute approximate surface area is 139 Å². The molecule has 1 heterocycles. The van der Waals surface area contributed by atoms with Gasteiger partial charge in [0, 0.05) is 24.5 Å². The van der Waals surface area contributed by atoms with Gasteiger partial charge in [0.2, 0.25) is 5.91 Å². The average molecular weight is 333 g/mol. The van der Waals surface area contributed by atoms with Gasteiger partial charge in [-0.1, -0.05) is 0 Å². The number of rotatable bonds is 5. The Bertz CT molecular complexity index is 654. The molecule has 2 rings (SSSR count). The number of ether oxygens (including phenoxy) is 2. The molecule has 1 saturated heterocycles. The van der Waals surface area contributed by atoms with Crippen molar-refractivity contribution in [2.24, 2.45) is 0 Å². The summed E-state index contributed by atoms with van der Waals surface area (Å²) in [5.74, 6) is -1.37. The SMILES string of the molecule is COC(=O)/C=C(/Nc1ccc(N2CCNC(=O)C2)cc1)C(=O)OC. The smallest absolute Gasteiger partial charge is 0.354 e. The van der Waals surface area contributed by atoms with Crippen LogP contribution >= 0.6 is 0 Å². The van der Waals surface area contributed by atoms with Crippen molar-refractivity contribution in [1.29, 1.82) is 0 Å². The van der Waals surface area contributed by atoms with E-state index in [1.165, 1.54) is 14.2 Å². The van der Waals surface area contributed by atoms with Crippen LogP contribution in [0, 0.1) is 0 Å². The summed E-state index contributed by atoms with van der Waals surface area (Å²) < 4.78 is 9.14. The highest BCUT2D eigenvalue weighted by molar-refractivity contribution is 5.98. The Balaban J connectivity index is 2.11. The van der Waals surface area contributed by atoms with Crippen molar-refractivity contribution >= 4 is 29.2 Å². The van der Waals surface area contributed by atoms with Crippen LogP contribution in [0.1, 0.15) is 0 Å². The molecule has 8 heteroatoms. The van der Waals surface area contributed by atoms with E-state index in [0.29, 0.717) is 18.8 Å². The zero-order valence-corrected chi connectivity index (χ0v) is 13.5. The van der Waals surface area contributed by atoms with Gasteiger partial charge in [-0.15, -0.1) is 0 Å². The van der Waals surface area contributed by atoms with Crippen molar-refractivity contribution in [3.8, 4) is 0 Å². The topological polar surface area (TPSA) is 97.0 Å². The first-order valence-electron chi connectivity index (χ1n) is 7.30. The lowest BCUT2D eigenvalue weighted by Gasteiger charge is -2.28. The molecule has 0 radical (unpaired) electrons. The molecule has 8 nitrogen and oxygen atoms in total. The van der Waals surface area contributed by atoms with E-state index in [1.807, 2.05) is 17.0 Å². The van der Waals surface area contributed by atoms with E-state index >= 15 is 0 Å². The molecule has 1 aliphatic rings. The number of carbonyl (C=O) groups excluding carboxylic acids is 3. The van der Waals surface area contributed by atoms with Crippen LogP contribution < -0.4 is 15.5 Å². The van der Waals surface area contributed by atoms with Gasteiger partial charge in [0.05, 0.1) is 26.8 Å². The molecule has 0 spiro atoms. The van der Waals surface area contributed by atoms with Crippen LogP contribution in [0.5, 0.6) is 0 Å². The van der Waals surface area contributed by atoms with Crippen molar-refractivity contribution in [3.05, 3.63) is 36.0 Å². The molecule has 1 amide bonds. The number of carbonyl (C=O) groups is 3. The quantitative estimate of drug-likeness (QED) is 0.589. The second-order valence-electron chi connectivity index (χ2n) is 5.02. The van der Waals surface area contributed by atoms with Gasteiger partial charge in [0.15, 0.2) is 0 Å². The molecule has 0 atom stereocenters. The molecule has 0 saturated carbocycles. The Kier molecular flexibility index (Phi) is 5.78. The van der Waals surface area contributed by atoms with Gasteiger partial charge in [0.1, 0.15) is 5.70 Å². The third kappa shape index (κ3) is 4.48. The predicted molar refractivity (Wildman–Crippen MR) is 87.4 cm³/mol. The number of nitrogens with one attached hydrogen (secondary N) is 2. The van der Waals surface area contributed by atoms with Gasteiger partial charge in [-0.2, -0.15) is 0 Å². The number of methoxy groups -OCH3 is 2. The Morgan fingerprint density at radius 3 is 2.50 bits per heavy atom. The number of piperazine rings is 1. The maximum Gasteiger partial charge on any atom is 0.354 e. The highest BCUT2D eigenvalue weighted by Gasteiger charge is 2.17. The van der Waals surface area contributed by atoms with Crippen molar-refractivity contribution < 1.29 is 23.9 Å². The number of benzene rings is 1. The first-order chi connectivity index (χ1) is 11.5. The highest BCUT2D eigenvalue weighted by Crippen LogP contribution is 2.19. The second-order valence-corrected chi connectivity index (χ2v) is 5.02. The van der Waals surface area contributed by atoms with Crippen LogP contribution in [0.4, 0.5) is 11.4 Å². The lowest BCUT2D eigenvalue weighted by molar-refractivity contribution is -0.138. The Morgan fingerprint density at radius 1 is 1.21 bits per heavy atom. The van der Waals surface area contributed by atoms with E-state index in [-0.39, 0.29) is 11.6 Å². The van der Waals surface area contributed by atoms with Gasteiger partial charge < -0.3 is 25.0 Å². The molecule has 1 aromatic rings. The molecule has 1 fully saturated rings. The van der Waals surface area contributed by atoms with E-state index in [9.17, 15) is 14.4 Å². The molecule has 24 heavy (non-hydrogen) atoms. The van der Waals surface area contributed by atoms with Gasteiger partial charge >= 0.3 is 11.9 Å². The second kappa shape index (κ2) is 8.00. The van der Waals surface area contributed by atoms with Crippen molar-refractivity contribution in [2.45, 2.75) is 0 Å². The largest absolute Gasteiger partial charge is 0.466 e. The Hall–Kier alpha value is -3.03. The zero-order valence-electron chi connectivity index (χ0n) is 13.5. The summed E-state index contributed by atoms with van der Waals surface area (Å²) in [5, 5.41) is 5.59. The number of amides is 1. The van der Waals surface area contributed by atoms with E-state index < -0.39 is 11.9 Å². The predicted octanol–water partition coefficient (Wildman–Crippen LogP) is 0.265. The van der Waals surface area contributed by atoms with Crippen LogP contribution in [0.25, 0.3) is 0 Å². The van der Waals surface area contributed by atoms with Crippen molar-refractivity contribution in [1.82, 2.24) is 5.32 Å². The molecular weight excluding hydrogens is 314 g/mol. The van der Waals surface area contributed by atoms with Gasteiger partial charge in [-0.3, -0.25) is 4.79 Å². The van der Waals surface area contributed by atoms with E-state index in [4.69, 9.17) is 0 Å². The molecule has 1 aliphatic heterocycles. The summed E-state index contributed by atoms with van der Waals surface area (Å²) in [6, 6.07) is 7.15. The fourth-order valence-corrected chi connectivity index (χ4v) is 2.20. The van der Waals surface area contributed by atoms with Gasteiger partial charge in [-0.25, -0.2) is 9.59 Å². The first-order valence-corrected chi connectivity index (χ1v) is 7.30. The normalized spacial score (nSPS) is 14.7. The molecule has 2 N–H and O–H groups in total. The summed E-state index contributed by atoms with van der Waals surface area (Å²) in [7, 11) is 2.44. The number of hydrogen-bond acceptors (Lipinski definition) is 7. The number of nitrogens with zero attached hydrogens (tertiary/aromatic N) is 1. The summed E-state index contributed by atoms with van der Waals surface area (Å²) in [6.45, 7) is 1.64. The molecule has 0 unspecified atom stereocenters. The minimum atomic E-state index is -0.683. The molecular formula is C16H19N3O5. The fraction of sp³-hybridized carbons (Fsp3) is 0.312. The van der Waals surface area contributed by atoms with Gasteiger partial charge in [0.25, 0.3) is 0 Å². The molecule has 128 valence electrons. The minimum absolute atomic E-state index is 0.0163. The third-order valence-electron chi connectivity index (χ3n) is 3.42. The highest BCUT2D eigenvalue weighted by atomic mass is 16.5. The number of esters is 2. The van der Waals surface area contributed by atoms with E-state index in [1.54, 1.807) is 12.1 Å². The van der Waals surface area contributed by atoms with E-state index in [0.717, 1.165) is 18.3 Å². The maximum absolute atomic E-state index is 11.7. The van der Waals surface area contributed by atoms with Crippen LogP contribution in [-0.4, -0.2) is 51.7 Å². The van der Waals surface area contributed by atoms with Crippen LogP contribution in [0.3, 0.4) is 0 Å².